The second-order valence-electron chi connectivity index (χ2n) is 7.20. The van der Waals surface area contributed by atoms with Crippen LogP contribution < -0.4 is 0 Å². The number of carbonyl (C=O) groups excluding carboxylic acids is 1. The van der Waals surface area contributed by atoms with E-state index in [-0.39, 0.29) is 19.0 Å². The summed E-state index contributed by atoms with van der Waals surface area (Å²) in [6.45, 7) is 6.16. The summed E-state index contributed by atoms with van der Waals surface area (Å²) in [6.07, 6.45) is 2.06. The molecular formula is C22H27NO6. The van der Waals surface area contributed by atoms with Crippen molar-refractivity contribution in [3.63, 3.8) is 0 Å². The number of hydrogen-bond acceptors (Lipinski definition) is 7. The van der Waals surface area contributed by atoms with Crippen molar-refractivity contribution in [2.75, 3.05) is 20.3 Å². The van der Waals surface area contributed by atoms with Crippen LogP contribution in [0.4, 0.5) is 0 Å². The maximum absolute atomic E-state index is 11.7. The summed E-state index contributed by atoms with van der Waals surface area (Å²) < 4.78 is 21.8. The van der Waals surface area contributed by atoms with Gasteiger partial charge in [-0.05, 0) is 44.0 Å². The minimum atomic E-state index is -1.54. The number of esters is 1. The first kappa shape index (κ1) is 21.1. The van der Waals surface area contributed by atoms with E-state index in [4.69, 9.17) is 18.4 Å². The van der Waals surface area contributed by atoms with Crippen molar-refractivity contribution in [2.45, 2.75) is 45.6 Å². The number of benzene rings is 1. The van der Waals surface area contributed by atoms with Crippen molar-refractivity contribution >= 4 is 16.9 Å². The van der Waals surface area contributed by atoms with Crippen LogP contribution in [0.1, 0.15) is 48.1 Å². The van der Waals surface area contributed by atoms with Crippen molar-refractivity contribution in [1.29, 1.82) is 0 Å². The Kier molecular flexibility index (Phi) is 6.39. The third kappa shape index (κ3) is 4.36. The molecule has 0 saturated heterocycles. The maximum atomic E-state index is 11.7. The lowest BCUT2D eigenvalue weighted by Gasteiger charge is -2.26. The van der Waals surface area contributed by atoms with Crippen molar-refractivity contribution in [3.8, 4) is 0 Å². The zero-order valence-electron chi connectivity index (χ0n) is 17.3. The molecule has 0 amide bonds. The highest BCUT2D eigenvalue weighted by molar-refractivity contribution is 5.81. The molecule has 1 unspecified atom stereocenters. The fraction of sp³-hybridized carbons (Fsp3) is 0.455. The Morgan fingerprint density at radius 1 is 1.28 bits per heavy atom. The largest absolute Gasteiger partial charge is 0.469 e. The number of aromatic nitrogens is 1. The topological polar surface area (TPSA) is 94.9 Å². The van der Waals surface area contributed by atoms with Crippen molar-refractivity contribution in [1.82, 2.24) is 5.16 Å². The maximum Gasteiger partial charge on any atom is 0.309 e. The second kappa shape index (κ2) is 8.80. The number of carbonyl (C=O) groups is 1. The summed E-state index contributed by atoms with van der Waals surface area (Å²) in [5.41, 5.74) is 0.992. The molecule has 0 fully saturated rings. The first-order chi connectivity index (χ1) is 13.9. The highest BCUT2D eigenvalue weighted by Gasteiger charge is 2.41. The van der Waals surface area contributed by atoms with Gasteiger partial charge in [0.25, 0.3) is 0 Å². The van der Waals surface area contributed by atoms with E-state index < -0.39 is 5.60 Å². The average molecular weight is 401 g/mol. The van der Waals surface area contributed by atoms with Crippen LogP contribution in [0.3, 0.4) is 0 Å². The van der Waals surface area contributed by atoms with Gasteiger partial charge in [0.15, 0.2) is 5.60 Å². The molecule has 0 aliphatic carbocycles. The van der Waals surface area contributed by atoms with Gasteiger partial charge in [0.1, 0.15) is 17.1 Å². The van der Waals surface area contributed by atoms with Gasteiger partial charge < -0.3 is 23.5 Å². The molecule has 7 nitrogen and oxygen atoms in total. The molecule has 29 heavy (non-hydrogen) atoms. The number of ether oxygens (including phenoxy) is 2. The fourth-order valence-corrected chi connectivity index (χ4v) is 3.45. The van der Waals surface area contributed by atoms with Crippen molar-refractivity contribution in [2.24, 2.45) is 0 Å². The van der Waals surface area contributed by atoms with Crippen LogP contribution in [0.25, 0.3) is 11.0 Å². The monoisotopic (exact) mass is 401 g/mol. The third-order valence-electron chi connectivity index (χ3n) is 4.96. The lowest BCUT2D eigenvalue weighted by molar-refractivity contribution is -0.139. The standard InChI is InChI=1S/C22H27NO6/c1-5-6-9-27-13-22(25,21-14(2)23-29-15(21)3)19-12-17-10-16(11-20(24)26-4)7-8-18(17)28-19/h7-8,10,12,25H,5-6,9,11,13H2,1-4H3. The molecule has 0 aliphatic heterocycles. The molecule has 2 aromatic heterocycles. The van der Waals surface area contributed by atoms with Gasteiger partial charge in [-0.15, -0.1) is 0 Å². The van der Waals surface area contributed by atoms with Gasteiger partial charge >= 0.3 is 5.97 Å². The number of furan rings is 1. The Morgan fingerprint density at radius 2 is 2.07 bits per heavy atom. The van der Waals surface area contributed by atoms with Crippen LogP contribution >= 0.6 is 0 Å². The summed E-state index contributed by atoms with van der Waals surface area (Å²) in [5, 5.41) is 16.4. The number of fused-ring (bicyclic) bond motifs is 1. The van der Waals surface area contributed by atoms with E-state index in [1.165, 1.54) is 7.11 Å². The quantitative estimate of drug-likeness (QED) is 0.430. The minimum absolute atomic E-state index is 0.0186. The Bertz CT molecular complexity index is 969. The summed E-state index contributed by atoms with van der Waals surface area (Å²) in [6, 6.07) is 7.21. The number of unbranched alkanes of at least 4 members (excludes halogenated alkanes) is 1. The molecule has 3 rings (SSSR count). The van der Waals surface area contributed by atoms with E-state index in [1.807, 2.05) is 6.07 Å². The molecule has 0 bridgehead atoms. The molecule has 3 aromatic rings. The molecule has 1 N–H and O–H groups in total. The third-order valence-corrected chi connectivity index (χ3v) is 4.96. The van der Waals surface area contributed by atoms with Gasteiger partial charge in [-0.3, -0.25) is 4.79 Å². The minimum Gasteiger partial charge on any atom is -0.469 e. The first-order valence-electron chi connectivity index (χ1n) is 9.72. The van der Waals surface area contributed by atoms with Gasteiger partial charge in [-0.1, -0.05) is 24.6 Å². The number of aliphatic hydroxyl groups is 1. The lowest BCUT2D eigenvalue weighted by atomic mass is 9.90. The highest BCUT2D eigenvalue weighted by atomic mass is 16.5. The zero-order chi connectivity index (χ0) is 21.0. The van der Waals surface area contributed by atoms with E-state index in [0.29, 0.717) is 35.0 Å². The van der Waals surface area contributed by atoms with Gasteiger partial charge in [0.05, 0.1) is 31.4 Å². The number of nitrogens with zero attached hydrogens (tertiary/aromatic N) is 1. The average Bonchev–Trinajstić information content (AvgIpc) is 3.28. The Labute approximate surface area is 169 Å². The fourth-order valence-electron chi connectivity index (χ4n) is 3.45. The van der Waals surface area contributed by atoms with E-state index >= 15 is 0 Å². The number of methoxy groups -OCH3 is 1. The first-order valence-corrected chi connectivity index (χ1v) is 9.72. The SMILES string of the molecule is CCCCOCC(O)(c1cc2cc(CC(=O)OC)ccc2o1)c1c(C)noc1C. The molecule has 1 atom stereocenters. The second-order valence-corrected chi connectivity index (χ2v) is 7.20. The van der Waals surface area contributed by atoms with Gasteiger partial charge in [-0.25, -0.2) is 0 Å². The summed E-state index contributed by atoms with van der Waals surface area (Å²) in [5.74, 6) is 0.536. The van der Waals surface area contributed by atoms with Crippen LogP contribution in [0, 0.1) is 13.8 Å². The van der Waals surface area contributed by atoms with Gasteiger partial charge in [0, 0.05) is 12.0 Å². The van der Waals surface area contributed by atoms with Crippen LogP contribution in [-0.2, 0) is 26.3 Å². The molecule has 0 saturated carbocycles. The molecule has 156 valence electrons. The summed E-state index contributed by atoms with van der Waals surface area (Å²) >= 11 is 0. The molecule has 0 aliphatic rings. The summed E-state index contributed by atoms with van der Waals surface area (Å²) in [7, 11) is 1.36. The number of rotatable bonds is 9. The van der Waals surface area contributed by atoms with E-state index in [9.17, 15) is 9.90 Å². The molecule has 0 radical (unpaired) electrons. The van der Waals surface area contributed by atoms with E-state index in [2.05, 4.69) is 12.1 Å². The van der Waals surface area contributed by atoms with Crippen LogP contribution in [0.2, 0.25) is 0 Å². The van der Waals surface area contributed by atoms with Gasteiger partial charge in [0.2, 0.25) is 0 Å². The van der Waals surface area contributed by atoms with E-state index in [1.54, 1.807) is 32.0 Å². The number of aryl methyl sites for hydroxylation is 2. The van der Waals surface area contributed by atoms with Crippen molar-refractivity contribution in [3.05, 3.63) is 52.6 Å². The Morgan fingerprint density at radius 3 is 2.72 bits per heavy atom. The van der Waals surface area contributed by atoms with Crippen LogP contribution in [-0.4, -0.2) is 36.6 Å². The van der Waals surface area contributed by atoms with Crippen LogP contribution in [0.15, 0.2) is 33.2 Å². The zero-order valence-corrected chi connectivity index (χ0v) is 17.3. The predicted molar refractivity (Wildman–Crippen MR) is 107 cm³/mol. The molecule has 7 heteroatoms. The Hall–Kier alpha value is -2.64. The smallest absolute Gasteiger partial charge is 0.309 e. The molecule has 0 spiro atoms. The highest BCUT2D eigenvalue weighted by Crippen LogP contribution is 2.37. The predicted octanol–water partition coefficient (Wildman–Crippen LogP) is 3.81. The van der Waals surface area contributed by atoms with Gasteiger partial charge in [-0.2, -0.15) is 0 Å². The molecule has 2 heterocycles. The van der Waals surface area contributed by atoms with Crippen molar-refractivity contribution < 1.29 is 28.3 Å². The van der Waals surface area contributed by atoms with Crippen LogP contribution in [0.5, 0.6) is 0 Å². The van der Waals surface area contributed by atoms with E-state index in [0.717, 1.165) is 23.8 Å². The summed E-state index contributed by atoms with van der Waals surface area (Å²) in [4.78, 5) is 11.6. The Balaban J connectivity index is 2.00. The lowest BCUT2D eigenvalue weighted by Crippen LogP contribution is -2.34. The number of hydrogen-bond donors (Lipinski definition) is 1. The molecule has 1 aromatic carbocycles. The normalized spacial score (nSPS) is 13.6. The molecular weight excluding hydrogens is 374 g/mol.